The molecule has 1 fully saturated rings. The average Bonchev–Trinajstić information content (AvgIpc) is 3.48. The number of esters is 2. The van der Waals surface area contributed by atoms with Gasteiger partial charge in [-0.05, 0) is 121 Å². The molecule has 2 heterocycles. The van der Waals surface area contributed by atoms with Crippen LogP contribution in [0.5, 0.6) is 5.88 Å². The number of benzene rings is 3. The predicted octanol–water partition coefficient (Wildman–Crippen LogP) is 13.0. The lowest BCUT2D eigenvalue weighted by Crippen LogP contribution is -2.42. The van der Waals surface area contributed by atoms with E-state index in [-0.39, 0.29) is 47.4 Å². The number of rotatable bonds is 22. The molecule has 83 heavy (non-hydrogen) atoms. The number of ether oxygens (including phenoxy) is 5. The first-order valence-corrected chi connectivity index (χ1v) is 30.0. The van der Waals surface area contributed by atoms with E-state index in [9.17, 15) is 40.9 Å². The van der Waals surface area contributed by atoms with Crippen molar-refractivity contribution in [1.29, 1.82) is 0 Å². The zero-order valence-corrected chi connectivity index (χ0v) is 52.7. The van der Waals surface area contributed by atoms with E-state index in [1.165, 1.54) is 31.4 Å². The largest absolute Gasteiger partial charge is 0.472 e. The molecule has 3 aromatic carbocycles. The van der Waals surface area contributed by atoms with Crippen molar-refractivity contribution in [2.24, 2.45) is 11.8 Å². The van der Waals surface area contributed by atoms with Crippen LogP contribution in [0.4, 0.5) is 22.4 Å². The lowest BCUT2D eigenvalue weighted by atomic mass is 9.97. The van der Waals surface area contributed by atoms with Gasteiger partial charge in [-0.2, -0.15) is 0 Å². The van der Waals surface area contributed by atoms with Crippen LogP contribution in [0.3, 0.4) is 0 Å². The van der Waals surface area contributed by atoms with E-state index in [0.29, 0.717) is 64.8 Å². The Balaban J connectivity index is 0.000000530. The number of pyridine rings is 1. The Bertz CT molecular complexity index is 2600. The summed E-state index contributed by atoms with van der Waals surface area (Å²) >= 11 is 0. The number of alkyl halides is 4. The summed E-state index contributed by atoms with van der Waals surface area (Å²) in [5, 5.41) is 5.40. The van der Waals surface area contributed by atoms with Crippen molar-refractivity contribution in [3.05, 3.63) is 113 Å². The summed E-state index contributed by atoms with van der Waals surface area (Å²) in [7, 11) is -1.34. The maximum Gasteiger partial charge on any atom is 0.339 e. The Labute approximate surface area is 492 Å². The van der Waals surface area contributed by atoms with Gasteiger partial charge in [0.05, 0.1) is 47.6 Å². The Hall–Kier alpha value is -6.09. The van der Waals surface area contributed by atoms with Crippen molar-refractivity contribution in [3.63, 3.8) is 0 Å². The van der Waals surface area contributed by atoms with E-state index in [1.807, 2.05) is 60.6 Å². The second-order valence-electron chi connectivity index (χ2n) is 21.9. The second-order valence-corrected chi connectivity index (χ2v) is 23.9. The summed E-state index contributed by atoms with van der Waals surface area (Å²) in [5.41, 5.74) is 2.67. The van der Waals surface area contributed by atoms with Gasteiger partial charge >= 0.3 is 18.0 Å². The molecule has 0 radical (unpaired) electrons. The molecule has 466 valence electrons. The quantitative estimate of drug-likeness (QED) is 0.0385. The Kier molecular flexibility index (Phi) is 34.3. The molecule has 3 N–H and O–H groups in total. The highest BCUT2D eigenvalue weighted by atomic mass is 32.2. The molecule has 1 aliphatic heterocycles. The highest BCUT2D eigenvalue weighted by Gasteiger charge is 2.26. The van der Waals surface area contributed by atoms with Crippen LogP contribution < -0.4 is 20.1 Å². The number of carbonyl (C=O) groups excluding carboxylic acids is 4. The predicted molar refractivity (Wildman–Crippen MR) is 324 cm³/mol. The van der Waals surface area contributed by atoms with Gasteiger partial charge in [0.1, 0.15) is 6.10 Å². The highest BCUT2D eigenvalue weighted by Crippen LogP contribution is 2.31. The molecule has 0 saturated carbocycles. The van der Waals surface area contributed by atoms with Crippen LogP contribution >= 0.6 is 0 Å². The standard InChI is InChI=1S/C18H18F2O2.C13H19F2NO2.C13H25NO3.C12H18N2O2S.C7H15NO/c1-12(2)22-17(21)16-7-5-4-6-15(16)13-8-10-14(11-9-13)18(3,19)20;1-9(2)17-8-10(3)18-12-6-5-11(7-16-12)13(4,14)15;1-11(2)10-14(7-4-13(15)16-3)12-5-8-17-9-6-12;1-9(2)13-12(15)14-17(4,16)11-7-5-10(3)6-8-11;1-4-7(9)8-5-6(2)3/h4-12H,1-3H3;5-7,9-10H,8H2,1-4H3;11-12H,4-10H2,1-3H3;5-9H,4H2,1-3H3,(H2,13,14,15,16);6H,4-5H2,1-3H3,(H,8,9). The van der Waals surface area contributed by atoms with Crippen LogP contribution in [-0.2, 0) is 50.1 Å². The van der Waals surface area contributed by atoms with E-state index < -0.39 is 33.6 Å². The van der Waals surface area contributed by atoms with Gasteiger partial charge in [-0.1, -0.05) is 94.8 Å². The number of urea groups is 1. The molecule has 2 atom stereocenters. The number of halogens is 4. The zero-order chi connectivity index (χ0) is 63.1. The summed E-state index contributed by atoms with van der Waals surface area (Å²) in [6.45, 7) is 31.8. The molecule has 5 rings (SSSR count). The number of aromatic nitrogens is 1. The minimum atomic E-state index is -2.88. The van der Waals surface area contributed by atoms with E-state index >= 15 is 0 Å². The van der Waals surface area contributed by atoms with Crippen molar-refractivity contribution in [2.75, 3.05) is 46.6 Å². The average molecular weight is 1190 g/mol. The summed E-state index contributed by atoms with van der Waals surface area (Å²) in [4.78, 5) is 52.2. The SMILES string of the molecule is C=S(=O)(NC(=O)NC(C)C)c1ccc(C)cc1.CC(C)OC(=O)c1ccccc1-c1ccc(C(C)(F)F)cc1.CC(C)OCC(C)Oc1ccc(C(C)(F)F)cn1.CCC(=O)NCC(C)C.COC(=O)CCN(CC(C)C)C1CCOCC1. The van der Waals surface area contributed by atoms with Crippen molar-refractivity contribution < 1.29 is 64.6 Å². The van der Waals surface area contributed by atoms with Crippen LogP contribution in [-0.4, -0.2) is 121 Å². The first-order chi connectivity index (χ1) is 38.7. The highest BCUT2D eigenvalue weighted by molar-refractivity contribution is 7.99. The smallest absolute Gasteiger partial charge is 0.339 e. The van der Waals surface area contributed by atoms with Gasteiger partial charge in [0.25, 0.3) is 11.8 Å². The minimum Gasteiger partial charge on any atom is -0.472 e. The third-order valence-corrected chi connectivity index (χ3v) is 13.2. The van der Waals surface area contributed by atoms with Crippen molar-refractivity contribution >= 4 is 39.5 Å². The molecule has 3 amide bonds. The summed E-state index contributed by atoms with van der Waals surface area (Å²) in [6.07, 6.45) is 4.10. The topological polar surface area (TPSA) is 184 Å². The van der Waals surface area contributed by atoms with Gasteiger partial charge in [-0.15, -0.1) is 0 Å². The number of nitrogens with one attached hydrogen (secondary N) is 3. The molecular formula is C63H95F4N5O10S. The van der Waals surface area contributed by atoms with Crippen LogP contribution in [0, 0.1) is 18.8 Å². The fraction of sp³-hybridized carbons (Fsp3) is 0.556. The van der Waals surface area contributed by atoms with Crippen molar-refractivity contribution in [2.45, 2.75) is 177 Å². The lowest BCUT2D eigenvalue weighted by Gasteiger charge is -2.35. The second kappa shape index (κ2) is 38.0. The van der Waals surface area contributed by atoms with Gasteiger partial charge < -0.3 is 34.3 Å². The van der Waals surface area contributed by atoms with E-state index in [1.54, 1.807) is 62.4 Å². The Morgan fingerprint density at radius 3 is 1.86 bits per heavy atom. The first kappa shape index (κ1) is 74.9. The normalized spacial score (nSPS) is 13.6. The maximum absolute atomic E-state index is 13.3. The molecule has 20 heteroatoms. The number of methoxy groups -OCH3 is 1. The maximum atomic E-state index is 13.3. The fourth-order valence-corrected chi connectivity index (χ4v) is 8.44. The van der Waals surface area contributed by atoms with Crippen LogP contribution in [0.25, 0.3) is 11.1 Å². The summed E-state index contributed by atoms with van der Waals surface area (Å²) in [6, 6.07) is 22.8. The van der Waals surface area contributed by atoms with Crippen LogP contribution in [0.1, 0.15) is 150 Å². The molecule has 2 unspecified atom stereocenters. The number of hydrogen-bond donors (Lipinski definition) is 3. The van der Waals surface area contributed by atoms with E-state index in [0.717, 1.165) is 71.3 Å². The number of amides is 3. The molecule has 1 aliphatic rings. The van der Waals surface area contributed by atoms with Gasteiger partial charge in [0.15, 0.2) is 0 Å². The first-order valence-electron chi connectivity index (χ1n) is 28.3. The molecule has 0 spiro atoms. The van der Waals surface area contributed by atoms with Crippen LogP contribution in [0.15, 0.2) is 96.0 Å². The molecule has 15 nitrogen and oxygen atoms in total. The van der Waals surface area contributed by atoms with Gasteiger partial charge in [-0.3, -0.25) is 19.2 Å². The van der Waals surface area contributed by atoms with Crippen molar-refractivity contribution in [3.8, 4) is 17.0 Å². The minimum absolute atomic E-state index is 0.0109. The monoisotopic (exact) mass is 1190 g/mol. The molecule has 4 aromatic rings. The number of hydrogen-bond acceptors (Lipinski definition) is 12. The molecule has 1 saturated heterocycles. The Morgan fingerprint density at radius 1 is 0.795 bits per heavy atom. The van der Waals surface area contributed by atoms with Gasteiger partial charge in [-0.25, -0.2) is 36.3 Å². The lowest BCUT2D eigenvalue weighted by molar-refractivity contribution is -0.141. The van der Waals surface area contributed by atoms with E-state index in [2.05, 4.69) is 58.8 Å². The fourth-order valence-electron chi connectivity index (χ4n) is 7.39. The number of carbonyl (C=O) groups is 4. The third-order valence-electron chi connectivity index (χ3n) is 11.7. The Morgan fingerprint density at radius 2 is 1.37 bits per heavy atom. The number of nitrogens with zero attached hydrogens (tertiary/aromatic N) is 2. The van der Waals surface area contributed by atoms with Gasteiger partial charge in [0.2, 0.25) is 11.8 Å². The number of aryl methyl sites for hydroxylation is 1. The summed E-state index contributed by atoms with van der Waals surface area (Å²) < 4.78 is 93.2. The molecule has 1 aromatic heterocycles. The van der Waals surface area contributed by atoms with E-state index in [4.69, 9.17) is 23.7 Å². The zero-order valence-electron chi connectivity index (χ0n) is 51.9. The van der Waals surface area contributed by atoms with Gasteiger partial charge in [0, 0.05) is 93.5 Å². The molecule has 0 bridgehead atoms. The molecule has 0 aliphatic carbocycles. The summed E-state index contributed by atoms with van der Waals surface area (Å²) in [5.74, 6) is -1.08. The van der Waals surface area contributed by atoms with Crippen LogP contribution in [0.2, 0.25) is 0 Å². The third kappa shape index (κ3) is 32.5. The van der Waals surface area contributed by atoms with Crippen molar-refractivity contribution in [1.82, 2.24) is 25.2 Å². The molecular weight excluding hydrogens is 1090 g/mol.